The summed E-state index contributed by atoms with van der Waals surface area (Å²) in [5, 5.41) is 17.7. The summed E-state index contributed by atoms with van der Waals surface area (Å²) in [6.07, 6.45) is 6.25. The van der Waals surface area contributed by atoms with Crippen molar-refractivity contribution in [3.8, 4) is 0 Å². The van der Waals surface area contributed by atoms with Gasteiger partial charge >= 0.3 is 5.97 Å². The van der Waals surface area contributed by atoms with Crippen LogP contribution < -0.4 is 0 Å². The predicted octanol–water partition coefficient (Wildman–Crippen LogP) is 0.364. The smallest absolute Gasteiger partial charge is 0.331 e. The van der Waals surface area contributed by atoms with E-state index in [4.69, 9.17) is 0 Å². The van der Waals surface area contributed by atoms with Crippen molar-refractivity contribution in [3.63, 3.8) is 0 Å². The third-order valence-corrected chi connectivity index (χ3v) is 6.31. The molecule has 0 amide bonds. The predicted molar refractivity (Wildman–Crippen MR) is 83.7 cm³/mol. The molecule has 1 aliphatic rings. The standard InChI is InChI=1S/C14H19N5O4S/c1-2-17-11-12(10-16-17)24(22,23)18-8-4-14(5-9-18,13(20)21)19-7-3-6-15-19/h3,6-7,10-11H,2,4-5,8-9H2,1H3,(H,20,21). The van der Waals surface area contributed by atoms with Gasteiger partial charge in [-0.3, -0.25) is 9.36 Å². The van der Waals surface area contributed by atoms with Gasteiger partial charge in [0.15, 0.2) is 5.54 Å². The first-order valence-electron chi connectivity index (χ1n) is 7.66. The molecular formula is C14H19N5O4S. The van der Waals surface area contributed by atoms with E-state index in [-0.39, 0.29) is 30.8 Å². The Kier molecular flexibility index (Phi) is 4.18. The molecule has 1 N–H and O–H groups in total. The van der Waals surface area contributed by atoms with Crippen LogP contribution in [-0.4, -0.2) is 56.4 Å². The first kappa shape index (κ1) is 16.7. The molecule has 3 rings (SSSR count). The number of sulfonamides is 1. The average Bonchev–Trinajstić information content (AvgIpc) is 3.26. The van der Waals surface area contributed by atoms with Crippen molar-refractivity contribution in [1.29, 1.82) is 0 Å². The molecule has 0 bridgehead atoms. The minimum absolute atomic E-state index is 0.117. The topological polar surface area (TPSA) is 110 Å². The van der Waals surface area contributed by atoms with Crippen LogP contribution in [0, 0.1) is 0 Å². The summed E-state index contributed by atoms with van der Waals surface area (Å²) in [6.45, 7) is 2.68. The van der Waals surface area contributed by atoms with Gasteiger partial charge in [-0.1, -0.05) is 0 Å². The van der Waals surface area contributed by atoms with E-state index in [2.05, 4.69) is 10.2 Å². The van der Waals surface area contributed by atoms with Gasteiger partial charge in [0.2, 0.25) is 10.0 Å². The summed E-state index contributed by atoms with van der Waals surface area (Å²) < 4.78 is 29.6. The lowest BCUT2D eigenvalue weighted by Crippen LogP contribution is -2.52. The molecule has 0 saturated carbocycles. The van der Waals surface area contributed by atoms with Gasteiger partial charge in [-0.2, -0.15) is 14.5 Å². The van der Waals surface area contributed by atoms with Crippen molar-refractivity contribution in [1.82, 2.24) is 23.9 Å². The third-order valence-electron chi connectivity index (χ3n) is 4.46. The fraction of sp³-hybridized carbons (Fsp3) is 0.500. The van der Waals surface area contributed by atoms with Crippen LogP contribution in [0.4, 0.5) is 0 Å². The van der Waals surface area contributed by atoms with Gasteiger partial charge in [0, 0.05) is 38.2 Å². The highest BCUT2D eigenvalue weighted by Crippen LogP contribution is 2.32. The molecule has 2 aromatic rings. The zero-order chi connectivity index (χ0) is 17.4. The molecule has 1 fully saturated rings. The molecule has 9 nitrogen and oxygen atoms in total. The molecule has 0 radical (unpaired) electrons. The van der Waals surface area contributed by atoms with Crippen molar-refractivity contribution < 1.29 is 18.3 Å². The van der Waals surface area contributed by atoms with Crippen LogP contribution in [-0.2, 0) is 26.9 Å². The van der Waals surface area contributed by atoms with Crippen molar-refractivity contribution in [3.05, 3.63) is 30.9 Å². The molecule has 0 unspecified atom stereocenters. The maximum absolute atomic E-state index is 12.7. The fourth-order valence-corrected chi connectivity index (χ4v) is 4.36. The molecule has 0 spiro atoms. The van der Waals surface area contributed by atoms with Crippen molar-refractivity contribution in [2.75, 3.05) is 13.1 Å². The zero-order valence-electron chi connectivity index (χ0n) is 13.2. The maximum Gasteiger partial charge on any atom is 0.331 e. The van der Waals surface area contributed by atoms with Gasteiger partial charge in [-0.25, -0.2) is 13.2 Å². The van der Waals surface area contributed by atoms with E-state index in [1.165, 1.54) is 27.6 Å². The van der Waals surface area contributed by atoms with Gasteiger partial charge in [-0.15, -0.1) is 0 Å². The van der Waals surface area contributed by atoms with Crippen molar-refractivity contribution in [2.45, 2.75) is 36.7 Å². The normalized spacial score (nSPS) is 18.5. The summed E-state index contributed by atoms with van der Waals surface area (Å²) in [5.41, 5.74) is -1.21. The number of hydrogen-bond acceptors (Lipinski definition) is 5. The van der Waals surface area contributed by atoms with E-state index in [1.54, 1.807) is 16.9 Å². The van der Waals surface area contributed by atoms with Crippen LogP contribution in [0.25, 0.3) is 0 Å². The molecule has 1 saturated heterocycles. The lowest BCUT2D eigenvalue weighted by atomic mass is 9.88. The number of piperidine rings is 1. The number of carbonyl (C=O) groups is 1. The molecule has 24 heavy (non-hydrogen) atoms. The highest BCUT2D eigenvalue weighted by atomic mass is 32.2. The molecule has 0 aromatic carbocycles. The summed E-state index contributed by atoms with van der Waals surface area (Å²) in [5.74, 6) is -0.998. The van der Waals surface area contributed by atoms with Gasteiger partial charge in [0.05, 0.1) is 6.20 Å². The Labute approximate surface area is 139 Å². The molecule has 2 aromatic heterocycles. The minimum Gasteiger partial charge on any atom is -0.479 e. The average molecular weight is 353 g/mol. The quantitative estimate of drug-likeness (QED) is 0.831. The molecule has 1 aliphatic heterocycles. The first-order valence-corrected chi connectivity index (χ1v) is 9.10. The second-order valence-corrected chi connectivity index (χ2v) is 7.66. The number of carboxylic acid groups (broad SMARTS) is 1. The molecule has 10 heteroatoms. The summed E-state index contributed by atoms with van der Waals surface area (Å²) >= 11 is 0. The number of aromatic nitrogens is 4. The fourth-order valence-electron chi connectivity index (χ4n) is 2.96. The number of carboxylic acids is 1. The van der Waals surface area contributed by atoms with Gasteiger partial charge in [0.25, 0.3) is 0 Å². The molecule has 0 aliphatic carbocycles. The highest BCUT2D eigenvalue weighted by Gasteiger charge is 2.46. The SMILES string of the molecule is CCn1cc(S(=O)(=O)N2CCC(C(=O)O)(n3cccn3)CC2)cn1. The Morgan fingerprint density at radius 1 is 1.33 bits per heavy atom. The summed E-state index contributed by atoms with van der Waals surface area (Å²) in [6, 6.07) is 1.66. The first-order chi connectivity index (χ1) is 11.4. The largest absolute Gasteiger partial charge is 0.479 e. The van der Waals surface area contributed by atoms with Crippen LogP contribution in [0.1, 0.15) is 19.8 Å². The van der Waals surface area contributed by atoms with E-state index in [1.807, 2.05) is 6.92 Å². The van der Waals surface area contributed by atoms with E-state index >= 15 is 0 Å². The lowest BCUT2D eigenvalue weighted by Gasteiger charge is -2.38. The Balaban J connectivity index is 1.82. The van der Waals surface area contributed by atoms with Crippen LogP contribution in [0.5, 0.6) is 0 Å². The monoisotopic (exact) mass is 353 g/mol. The Morgan fingerprint density at radius 2 is 2.04 bits per heavy atom. The van der Waals surface area contributed by atoms with E-state index < -0.39 is 21.5 Å². The van der Waals surface area contributed by atoms with Crippen molar-refractivity contribution >= 4 is 16.0 Å². The van der Waals surface area contributed by atoms with Gasteiger partial charge in [0.1, 0.15) is 4.90 Å². The second kappa shape index (κ2) is 6.02. The third kappa shape index (κ3) is 2.61. The summed E-state index contributed by atoms with van der Waals surface area (Å²) in [7, 11) is -3.67. The van der Waals surface area contributed by atoms with E-state index in [0.29, 0.717) is 6.54 Å². The summed E-state index contributed by atoms with van der Waals surface area (Å²) in [4.78, 5) is 11.9. The number of nitrogens with zero attached hydrogens (tertiary/aromatic N) is 5. The van der Waals surface area contributed by atoms with E-state index in [0.717, 1.165) is 0 Å². The number of aryl methyl sites for hydroxylation is 1. The number of aliphatic carboxylic acids is 1. The van der Waals surface area contributed by atoms with Crippen LogP contribution in [0.15, 0.2) is 35.7 Å². The Morgan fingerprint density at radius 3 is 2.54 bits per heavy atom. The van der Waals surface area contributed by atoms with Crippen molar-refractivity contribution in [2.24, 2.45) is 0 Å². The Hall–Kier alpha value is -2.20. The second-order valence-electron chi connectivity index (χ2n) is 5.72. The lowest BCUT2D eigenvalue weighted by molar-refractivity contribution is -0.150. The minimum atomic E-state index is -3.67. The van der Waals surface area contributed by atoms with Gasteiger partial charge in [-0.05, 0) is 25.8 Å². The molecule has 0 atom stereocenters. The van der Waals surface area contributed by atoms with Gasteiger partial charge < -0.3 is 5.11 Å². The van der Waals surface area contributed by atoms with Crippen LogP contribution in [0.2, 0.25) is 0 Å². The number of hydrogen-bond donors (Lipinski definition) is 1. The van der Waals surface area contributed by atoms with Crippen LogP contribution in [0.3, 0.4) is 0 Å². The Bertz CT molecular complexity index is 819. The molecule has 130 valence electrons. The maximum atomic E-state index is 12.7. The van der Waals surface area contributed by atoms with E-state index in [9.17, 15) is 18.3 Å². The molecular weight excluding hydrogens is 334 g/mol. The number of rotatable bonds is 5. The molecule has 3 heterocycles. The van der Waals surface area contributed by atoms with Crippen LogP contribution >= 0.6 is 0 Å². The zero-order valence-corrected chi connectivity index (χ0v) is 14.1. The highest BCUT2D eigenvalue weighted by molar-refractivity contribution is 7.89.